The maximum Gasteiger partial charge on any atom is 0.0564 e. The number of hydrogen-bond acceptors (Lipinski definition) is 2. The van der Waals surface area contributed by atoms with Crippen molar-refractivity contribution in [1.82, 2.24) is 0 Å². The molecule has 0 saturated heterocycles. The summed E-state index contributed by atoms with van der Waals surface area (Å²) in [5, 5.41) is 0.233. The second-order valence-corrected chi connectivity index (χ2v) is 6.42. The molecule has 0 spiro atoms. The average Bonchev–Trinajstić information content (AvgIpc) is 2.59. The molecule has 1 saturated carbocycles. The van der Waals surface area contributed by atoms with Crippen LogP contribution >= 0.6 is 0 Å². The van der Waals surface area contributed by atoms with Gasteiger partial charge in [0.1, 0.15) is 0 Å². The molecule has 4 atom stereocenters. The van der Waals surface area contributed by atoms with E-state index in [0.717, 1.165) is 17.7 Å². The van der Waals surface area contributed by atoms with Crippen LogP contribution in [-0.4, -0.2) is 15.5 Å². The van der Waals surface area contributed by atoms with Crippen LogP contribution in [0.3, 0.4) is 0 Å². The van der Waals surface area contributed by atoms with Gasteiger partial charge in [-0.2, -0.15) is 0 Å². The minimum Gasteiger partial charge on any atom is -0.327 e. The van der Waals surface area contributed by atoms with E-state index in [9.17, 15) is 4.21 Å². The molecule has 16 heavy (non-hydrogen) atoms. The summed E-state index contributed by atoms with van der Waals surface area (Å²) in [6.07, 6.45) is 1.99. The van der Waals surface area contributed by atoms with Crippen LogP contribution in [-0.2, 0) is 10.8 Å². The highest BCUT2D eigenvalue weighted by atomic mass is 32.2. The first-order valence-corrected chi connectivity index (χ1v) is 7.03. The van der Waals surface area contributed by atoms with Gasteiger partial charge < -0.3 is 5.73 Å². The fourth-order valence-electron chi connectivity index (χ4n) is 2.38. The van der Waals surface area contributed by atoms with E-state index in [1.54, 1.807) is 0 Å². The Morgan fingerprint density at radius 3 is 2.69 bits per heavy atom. The molecule has 4 unspecified atom stereocenters. The third-order valence-corrected chi connectivity index (χ3v) is 5.48. The molecule has 0 bridgehead atoms. The van der Waals surface area contributed by atoms with Crippen LogP contribution < -0.4 is 5.73 Å². The highest BCUT2D eigenvalue weighted by Crippen LogP contribution is 2.31. The number of aryl methyl sites for hydroxylation is 1. The lowest BCUT2D eigenvalue weighted by Crippen LogP contribution is -2.29. The molecular weight excluding hydrogens is 218 g/mol. The molecule has 0 aromatic heterocycles. The molecule has 0 heterocycles. The Morgan fingerprint density at radius 2 is 2.12 bits per heavy atom. The molecule has 88 valence electrons. The summed E-state index contributed by atoms with van der Waals surface area (Å²) in [6, 6.07) is 8.21. The van der Waals surface area contributed by atoms with Crippen LogP contribution in [0, 0.1) is 12.8 Å². The van der Waals surface area contributed by atoms with Gasteiger partial charge in [0.05, 0.1) is 10.8 Å². The smallest absolute Gasteiger partial charge is 0.0564 e. The summed E-state index contributed by atoms with van der Waals surface area (Å²) in [4.78, 5) is 0.950. The first kappa shape index (κ1) is 11.8. The lowest BCUT2D eigenvalue weighted by atomic mass is 10.1. The predicted octanol–water partition coefficient (Wildman–Crippen LogP) is 2.23. The van der Waals surface area contributed by atoms with Gasteiger partial charge in [0.2, 0.25) is 0 Å². The maximum absolute atomic E-state index is 12.4. The molecule has 0 aliphatic heterocycles. The van der Waals surface area contributed by atoms with E-state index in [1.807, 2.05) is 31.2 Å². The maximum atomic E-state index is 12.4. The Labute approximate surface area is 99.7 Å². The molecule has 0 radical (unpaired) electrons. The fraction of sp³-hybridized carbons (Fsp3) is 0.538. The Kier molecular flexibility index (Phi) is 3.45. The summed E-state index contributed by atoms with van der Waals surface area (Å²) in [7, 11) is -0.900. The standard InChI is InChI=1S/C13H19NOS/c1-9-4-3-5-11(8-9)16(15)13-7-6-12(14)10(13)2/h3-5,8,10,12-13H,6-7,14H2,1-2H3. The van der Waals surface area contributed by atoms with Crippen LogP contribution in [0.5, 0.6) is 0 Å². The van der Waals surface area contributed by atoms with Gasteiger partial charge in [-0.3, -0.25) is 4.21 Å². The van der Waals surface area contributed by atoms with Gasteiger partial charge in [0.15, 0.2) is 0 Å². The highest BCUT2D eigenvalue weighted by molar-refractivity contribution is 7.85. The average molecular weight is 237 g/mol. The summed E-state index contributed by atoms with van der Waals surface area (Å²) < 4.78 is 12.4. The zero-order valence-corrected chi connectivity index (χ0v) is 10.7. The Hall–Kier alpha value is -0.670. The minimum absolute atomic E-state index is 0.221. The van der Waals surface area contributed by atoms with Crippen molar-refractivity contribution < 1.29 is 4.21 Å². The van der Waals surface area contributed by atoms with Gasteiger partial charge >= 0.3 is 0 Å². The number of nitrogens with two attached hydrogens (primary N) is 1. The van der Waals surface area contributed by atoms with Gasteiger partial charge in [0.25, 0.3) is 0 Å². The van der Waals surface area contributed by atoms with E-state index in [0.29, 0.717) is 5.92 Å². The largest absolute Gasteiger partial charge is 0.327 e. The van der Waals surface area contributed by atoms with Gasteiger partial charge in [-0.05, 0) is 43.4 Å². The summed E-state index contributed by atoms with van der Waals surface area (Å²) >= 11 is 0. The number of rotatable bonds is 2. The molecule has 1 aromatic carbocycles. The first-order chi connectivity index (χ1) is 7.59. The van der Waals surface area contributed by atoms with Crippen molar-refractivity contribution in [3.05, 3.63) is 29.8 Å². The van der Waals surface area contributed by atoms with E-state index < -0.39 is 10.8 Å². The lowest BCUT2D eigenvalue weighted by molar-refractivity contribution is 0.526. The Balaban J connectivity index is 2.20. The Morgan fingerprint density at radius 1 is 1.38 bits per heavy atom. The predicted molar refractivity (Wildman–Crippen MR) is 67.7 cm³/mol. The second kappa shape index (κ2) is 4.68. The van der Waals surface area contributed by atoms with Crippen LogP contribution in [0.4, 0.5) is 0 Å². The highest BCUT2D eigenvalue weighted by Gasteiger charge is 2.34. The first-order valence-electron chi connectivity index (χ1n) is 5.82. The molecular formula is C13H19NOS. The summed E-state index contributed by atoms with van der Waals surface area (Å²) in [5.74, 6) is 0.362. The van der Waals surface area contributed by atoms with Crippen molar-refractivity contribution in [3.8, 4) is 0 Å². The van der Waals surface area contributed by atoms with Crippen molar-refractivity contribution in [2.24, 2.45) is 11.7 Å². The van der Waals surface area contributed by atoms with Gasteiger partial charge in [-0.25, -0.2) is 0 Å². The van der Waals surface area contributed by atoms with Crippen molar-refractivity contribution in [1.29, 1.82) is 0 Å². The van der Waals surface area contributed by atoms with Crippen LogP contribution in [0.15, 0.2) is 29.2 Å². The quantitative estimate of drug-likeness (QED) is 0.857. The lowest BCUT2D eigenvalue weighted by Gasteiger charge is -2.17. The minimum atomic E-state index is -0.900. The normalized spacial score (nSPS) is 31.6. The molecule has 2 rings (SSSR count). The Bertz CT molecular complexity index is 405. The molecule has 2 N–H and O–H groups in total. The third kappa shape index (κ3) is 2.20. The van der Waals surface area contributed by atoms with E-state index in [-0.39, 0.29) is 11.3 Å². The molecule has 1 aromatic rings. The molecule has 1 fully saturated rings. The van der Waals surface area contributed by atoms with E-state index in [2.05, 4.69) is 6.92 Å². The number of benzene rings is 1. The van der Waals surface area contributed by atoms with Crippen molar-refractivity contribution in [2.75, 3.05) is 0 Å². The molecule has 1 aliphatic carbocycles. The van der Waals surface area contributed by atoms with Crippen LogP contribution in [0.25, 0.3) is 0 Å². The van der Waals surface area contributed by atoms with E-state index in [1.165, 1.54) is 5.56 Å². The number of hydrogen-bond donors (Lipinski definition) is 1. The van der Waals surface area contributed by atoms with Crippen LogP contribution in [0.2, 0.25) is 0 Å². The monoisotopic (exact) mass is 237 g/mol. The fourth-order valence-corrected chi connectivity index (χ4v) is 4.18. The molecule has 1 aliphatic rings. The zero-order chi connectivity index (χ0) is 11.7. The second-order valence-electron chi connectivity index (χ2n) is 4.75. The molecule has 3 heteroatoms. The summed E-state index contributed by atoms with van der Waals surface area (Å²) in [5.41, 5.74) is 7.15. The van der Waals surface area contributed by atoms with Crippen molar-refractivity contribution in [3.63, 3.8) is 0 Å². The van der Waals surface area contributed by atoms with Crippen molar-refractivity contribution in [2.45, 2.75) is 42.9 Å². The van der Waals surface area contributed by atoms with Crippen molar-refractivity contribution >= 4 is 10.8 Å². The van der Waals surface area contributed by atoms with Gasteiger partial charge in [0, 0.05) is 16.2 Å². The SMILES string of the molecule is Cc1cccc(S(=O)C2CCC(N)C2C)c1. The van der Waals surface area contributed by atoms with E-state index in [4.69, 9.17) is 5.73 Å². The van der Waals surface area contributed by atoms with Crippen LogP contribution in [0.1, 0.15) is 25.3 Å². The third-order valence-electron chi connectivity index (χ3n) is 3.54. The van der Waals surface area contributed by atoms with Gasteiger partial charge in [-0.15, -0.1) is 0 Å². The molecule has 0 amide bonds. The van der Waals surface area contributed by atoms with E-state index >= 15 is 0 Å². The summed E-state index contributed by atoms with van der Waals surface area (Å²) in [6.45, 7) is 4.15. The topological polar surface area (TPSA) is 43.1 Å². The molecule has 2 nitrogen and oxygen atoms in total. The van der Waals surface area contributed by atoms with Gasteiger partial charge in [-0.1, -0.05) is 19.1 Å². The zero-order valence-electron chi connectivity index (χ0n) is 9.85.